The van der Waals surface area contributed by atoms with Crippen molar-refractivity contribution in [3.8, 4) is 11.4 Å². The highest BCUT2D eigenvalue weighted by Crippen LogP contribution is 2.30. The first-order chi connectivity index (χ1) is 13.2. The monoisotopic (exact) mass is 397 g/mol. The van der Waals surface area contributed by atoms with Gasteiger partial charge < -0.3 is 9.88 Å². The number of nitrogens with zero attached hydrogens (tertiary/aromatic N) is 4. The highest BCUT2D eigenvalue weighted by molar-refractivity contribution is 6.33. The van der Waals surface area contributed by atoms with Crippen molar-refractivity contribution in [2.45, 2.75) is 19.9 Å². The van der Waals surface area contributed by atoms with Crippen molar-refractivity contribution in [3.05, 3.63) is 64.9 Å². The molecule has 27 heavy (non-hydrogen) atoms. The molecule has 0 spiro atoms. The Morgan fingerprint density at radius 3 is 2.63 bits per heavy atom. The molecule has 3 aromatic heterocycles. The smallest absolute Gasteiger partial charge is 0.160 e. The van der Waals surface area contributed by atoms with E-state index in [1.807, 2.05) is 42.5 Å². The molecule has 3 heterocycles. The van der Waals surface area contributed by atoms with Crippen LogP contribution in [0.3, 0.4) is 0 Å². The number of nitrogens with one attached hydrogen (secondary N) is 1. The van der Waals surface area contributed by atoms with E-state index in [0.29, 0.717) is 15.9 Å². The van der Waals surface area contributed by atoms with Crippen molar-refractivity contribution in [2.75, 3.05) is 5.32 Å². The number of benzene rings is 1. The van der Waals surface area contributed by atoms with Gasteiger partial charge in [-0.2, -0.15) is 0 Å². The van der Waals surface area contributed by atoms with Crippen molar-refractivity contribution < 1.29 is 0 Å². The number of aromatic nitrogens is 4. The fourth-order valence-electron chi connectivity index (χ4n) is 2.94. The lowest BCUT2D eigenvalue weighted by Gasteiger charge is -2.10. The first kappa shape index (κ1) is 17.8. The molecule has 4 rings (SSSR count). The number of anilines is 2. The van der Waals surface area contributed by atoms with Crippen LogP contribution in [0.25, 0.3) is 22.6 Å². The van der Waals surface area contributed by atoms with Gasteiger partial charge in [0.2, 0.25) is 0 Å². The molecule has 0 bridgehead atoms. The number of hydrogen-bond donors (Lipinski definition) is 1. The molecular formula is C20H17Cl2N5. The summed E-state index contributed by atoms with van der Waals surface area (Å²) in [5, 5.41) is 4.40. The summed E-state index contributed by atoms with van der Waals surface area (Å²) < 4.78 is 2.11. The molecule has 0 atom stereocenters. The van der Waals surface area contributed by atoms with E-state index in [-0.39, 0.29) is 0 Å². The second-order valence-electron chi connectivity index (χ2n) is 6.12. The van der Waals surface area contributed by atoms with Gasteiger partial charge in [0, 0.05) is 35.2 Å². The fourth-order valence-corrected chi connectivity index (χ4v) is 3.28. The lowest BCUT2D eigenvalue weighted by Crippen LogP contribution is -2.02. The van der Waals surface area contributed by atoms with Crippen molar-refractivity contribution in [2.24, 2.45) is 0 Å². The van der Waals surface area contributed by atoms with Crippen LogP contribution in [0.15, 0.2) is 54.9 Å². The third-order valence-electron chi connectivity index (χ3n) is 4.16. The second-order valence-corrected chi connectivity index (χ2v) is 6.96. The first-order valence-electron chi connectivity index (χ1n) is 8.65. The fraction of sp³-hybridized carbons (Fsp3) is 0.150. The Balaban J connectivity index is 1.71. The maximum atomic E-state index is 6.48. The van der Waals surface area contributed by atoms with Gasteiger partial charge in [-0.1, -0.05) is 30.1 Å². The normalized spacial score (nSPS) is 11.1. The minimum absolute atomic E-state index is 0.519. The summed E-state index contributed by atoms with van der Waals surface area (Å²) in [6.07, 6.45) is 4.54. The van der Waals surface area contributed by atoms with Gasteiger partial charge in [-0.05, 0) is 48.9 Å². The summed E-state index contributed by atoms with van der Waals surface area (Å²) in [4.78, 5) is 13.7. The van der Waals surface area contributed by atoms with E-state index in [2.05, 4.69) is 26.8 Å². The molecule has 1 aromatic carbocycles. The van der Waals surface area contributed by atoms with Gasteiger partial charge in [-0.15, -0.1) is 0 Å². The maximum Gasteiger partial charge on any atom is 0.160 e. The molecule has 0 aliphatic carbocycles. The van der Waals surface area contributed by atoms with Crippen LogP contribution in [0.2, 0.25) is 10.0 Å². The number of imidazole rings is 1. The molecule has 1 N–H and O–H groups in total. The van der Waals surface area contributed by atoms with Gasteiger partial charge in [0.1, 0.15) is 17.2 Å². The second kappa shape index (κ2) is 7.55. The predicted octanol–water partition coefficient (Wildman–Crippen LogP) is 5.95. The number of fused-ring (bicyclic) bond motifs is 1. The van der Waals surface area contributed by atoms with Crippen LogP contribution in [0.1, 0.15) is 13.3 Å². The lowest BCUT2D eigenvalue weighted by atomic mass is 10.2. The number of hydrogen-bond acceptors (Lipinski definition) is 4. The summed E-state index contributed by atoms with van der Waals surface area (Å²) >= 11 is 12.4. The third-order valence-corrected chi connectivity index (χ3v) is 4.70. The van der Waals surface area contributed by atoms with Crippen LogP contribution < -0.4 is 5.32 Å². The Kier molecular flexibility index (Phi) is 4.97. The average molecular weight is 398 g/mol. The zero-order valence-electron chi connectivity index (χ0n) is 14.7. The SMILES string of the molecule is CCCn1c(-c2cnc(Nc3ccc(Cl)cc3)c(Cl)c2)nc2cccnc21. The Morgan fingerprint density at radius 1 is 1.07 bits per heavy atom. The summed E-state index contributed by atoms with van der Waals surface area (Å²) in [6.45, 7) is 2.95. The predicted molar refractivity (Wildman–Crippen MR) is 111 cm³/mol. The molecule has 7 heteroatoms. The molecule has 4 aromatic rings. The largest absolute Gasteiger partial charge is 0.339 e. The Hall–Kier alpha value is -2.63. The first-order valence-corrected chi connectivity index (χ1v) is 9.41. The average Bonchev–Trinajstić information content (AvgIpc) is 3.04. The van der Waals surface area contributed by atoms with Crippen LogP contribution in [0.4, 0.5) is 11.5 Å². The van der Waals surface area contributed by atoms with E-state index in [0.717, 1.165) is 41.2 Å². The van der Waals surface area contributed by atoms with Crippen LogP contribution in [-0.2, 0) is 6.54 Å². The van der Waals surface area contributed by atoms with Gasteiger partial charge in [0.05, 0.1) is 5.02 Å². The molecule has 136 valence electrons. The van der Waals surface area contributed by atoms with Gasteiger partial charge >= 0.3 is 0 Å². The summed E-state index contributed by atoms with van der Waals surface area (Å²) in [5.41, 5.74) is 3.45. The molecular weight excluding hydrogens is 381 g/mol. The molecule has 0 amide bonds. The van der Waals surface area contributed by atoms with Gasteiger partial charge in [-0.3, -0.25) is 0 Å². The Morgan fingerprint density at radius 2 is 1.89 bits per heavy atom. The molecule has 0 unspecified atom stereocenters. The van der Waals surface area contributed by atoms with Gasteiger partial charge in [0.25, 0.3) is 0 Å². The summed E-state index contributed by atoms with van der Waals surface area (Å²) in [6, 6.07) is 13.1. The number of rotatable bonds is 5. The standard InChI is InChI=1S/C20H17Cl2N5/c1-2-10-27-19(26-17-4-3-9-23-20(17)27)13-11-16(22)18(24-12-13)25-15-7-5-14(21)6-8-15/h3-9,11-12H,2,10H2,1H3,(H,24,25). The topological polar surface area (TPSA) is 55.6 Å². The molecule has 0 aliphatic rings. The van der Waals surface area contributed by atoms with E-state index in [1.54, 1.807) is 12.4 Å². The molecule has 0 fully saturated rings. The van der Waals surface area contributed by atoms with E-state index >= 15 is 0 Å². The van der Waals surface area contributed by atoms with Crippen molar-refractivity contribution >= 4 is 45.9 Å². The molecule has 0 saturated carbocycles. The van der Waals surface area contributed by atoms with E-state index in [1.165, 1.54) is 0 Å². The maximum absolute atomic E-state index is 6.48. The molecule has 0 radical (unpaired) electrons. The Labute approximate surface area is 167 Å². The molecule has 0 aliphatic heterocycles. The third kappa shape index (κ3) is 3.61. The van der Waals surface area contributed by atoms with Gasteiger partial charge in [0.15, 0.2) is 5.65 Å². The van der Waals surface area contributed by atoms with E-state index in [4.69, 9.17) is 28.2 Å². The minimum Gasteiger partial charge on any atom is -0.339 e. The quantitative estimate of drug-likeness (QED) is 0.451. The van der Waals surface area contributed by atoms with Crippen molar-refractivity contribution in [3.63, 3.8) is 0 Å². The summed E-state index contributed by atoms with van der Waals surface area (Å²) in [5.74, 6) is 1.40. The number of halogens is 2. The van der Waals surface area contributed by atoms with Gasteiger partial charge in [-0.25, -0.2) is 15.0 Å². The van der Waals surface area contributed by atoms with Crippen molar-refractivity contribution in [1.29, 1.82) is 0 Å². The highest BCUT2D eigenvalue weighted by Gasteiger charge is 2.15. The Bertz CT molecular complexity index is 1090. The number of aryl methyl sites for hydroxylation is 1. The van der Waals surface area contributed by atoms with Crippen LogP contribution in [-0.4, -0.2) is 19.5 Å². The zero-order chi connectivity index (χ0) is 18.8. The molecule has 5 nitrogen and oxygen atoms in total. The van der Waals surface area contributed by atoms with Crippen LogP contribution in [0, 0.1) is 0 Å². The summed E-state index contributed by atoms with van der Waals surface area (Å²) in [7, 11) is 0. The van der Waals surface area contributed by atoms with E-state index in [9.17, 15) is 0 Å². The van der Waals surface area contributed by atoms with Crippen molar-refractivity contribution in [1.82, 2.24) is 19.5 Å². The van der Waals surface area contributed by atoms with Crippen LogP contribution in [0.5, 0.6) is 0 Å². The minimum atomic E-state index is 0.519. The lowest BCUT2D eigenvalue weighted by molar-refractivity contribution is 0.698. The highest BCUT2D eigenvalue weighted by atomic mass is 35.5. The van der Waals surface area contributed by atoms with Crippen LogP contribution >= 0.6 is 23.2 Å². The zero-order valence-corrected chi connectivity index (χ0v) is 16.2. The van der Waals surface area contributed by atoms with E-state index < -0.39 is 0 Å². The number of pyridine rings is 2. The molecule has 0 saturated heterocycles.